The van der Waals surface area contributed by atoms with E-state index in [4.69, 9.17) is 0 Å². The molecule has 23 heavy (non-hydrogen) atoms. The van der Waals surface area contributed by atoms with Crippen molar-refractivity contribution in [3.05, 3.63) is 30.0 Å². The largest absolute Gasteiger partial charge is 0.348 e. The average molecular weight is 310 g/mol. The molecule has 3 unspecified atom stereocenters. The van der Waals surface area contributed by atoms with Gasteiger partial charge in [0, 0.05) is 30.6 Å². The Morgan fingerprint density at radius 2 is 2.17 bits per heavy atom. The number of hydrogen-bond donors (Lipinski definition) is 2. The zero-order valence-corrected chi connectivity index (χ0v) is 13.2. The fourth-order valence-corrected chi connectivity index (χ4v) is 4.45. The smallest absolute Gasteiger partial charge is 0.272 e. The van der Waals surface area contributed by atoms with Crippen LogP contribution in [0, 0.1) is 11.8 Å². The third-order valence-electron chi connectivity index (χ3n) is 5.85. The van der Waals surface area contributed by atoms with Crippen molar-refractivity contribution in [1.82, 2.24) is 20.4 Å². The first-order chi connectivity index (χ1) is 11.3. The van der Waals surface area contributed by atoms with E-state index in [0.29, 0.717) is 23.7 Å². The number of hydrogen-bond acceptors (Lipinski definition) is 3. The Labute approximate surface area is 135 Å². The molecule has 1 aromatic heterocycles. The Kier molecular flexibility index (Phi) is 2.98. The van der Waals surface area contributed by atoms with Crippen molar-refractivity contribution in [2.75, 3.05) is 13.1 Å². The second-order valence-corrected chi connectivity index (χ2v) is 7.48. The fraction of sp³-hybridized carbons (Fsp3) is 0.556. The third kappa shape index (κ3) is 2.34. The van der Waals surface area contributed by atoms with Crippen LogP contribution >= 0.6 is 0 Å². The fourth-order valence-electron chi connectivity index (χ4n) is 4.45. The van der Waals surface area contributed by atoms with E-state index in [1.54, 1.807) is 0 Å². The zero-order chi connectivity index (χ0) is 15.4. The molecule has 5 rings (SSSR count). The molecule has 2 aliphatic carbocycles. The third-order valence-corrected chi connectivity index (χ3v) is 5.85. The van der Waals surface area contributed by atoms with E-state index in [-0.39, 0.29) is 5.91 Å². The molecule has 0 radical (unpaired) electrons. The molecule has 2 N–H and O–H groups in total. The molecule has 5 heteroatoms. The van der Waals surface area contributed by atoms with E-state index in [9.17, 15) is 4.79 Å². The Morgan fingerprint density at radius 3 is 2.96 bits per heavy atom. The molecule has 3 atom stereocenters. The molecule has 1 amide bonds. The summed E-state index contributed by atoms with van der Waals surface area (Å²) in [6.45, 7) is 2.44. The molecular formula is C18H22N4O. The van der Waals surface area contributed by atoms with Gasteiger partial charge in [-0.05, 0) is 43.6 Å². The number of rotatable bonds is 4. The van der Waals surface area contributed by atoms with Gasteiger partial charge in [-0.1, -0.05) is 18.2 Å². The van der Waals surface area contributed by atoms with E-state index < -0.39 is 0 Å². The topological polar surface area (TPSA) is 61.0 Å². The zero-order valence-electron chi connectivity index (χ0n) is 13.2. The number of likely N-dealkylation sites (tertiary alicyclic amines) is 1. The molecule has 2 bridgehead atoms. The van der Waals surface area contributed by atoms with E-state index in [1.807, 2.05) is 24.3 Å². The summed E-state index contributed by atoms with van der Waals surface area (Å²) in [6, 6.07) is 8.80. The van der Waals surface area contributed by atoms with Crippen LogP contribution in [-0.2, 0) is 0 Å². The summed E-state index contributed by atoms with van der Waals surface area (Å²) in [5.41, 5.74) is 1.44. The summed E-state index contributed by atoms with van der Waals surface area (Å²) < 4.78 is 0. The second kappa shape index (κ2) is 5.06. The van der Waals surface area contributed by atoms with Crippen molar-refractivity contribution >= 4 is 16.8 Å². The molecule has 2 aromatic rings. The number of aromatic amines is 1. The molecule has 120 valence electrons. The maximum atomic E-state index is 12.6. The minimum Gasteiger partial charge on any atom is -0.348 e. The first-order valence-electron chi connectivity index (χ1n) is 8.76. The van der Waals surface area contributed by atoms with Crippen LogP contribution < -0.4 is 5.32 Å². The molecule has 5 nitrogen and oxygen atoms in total. The lowest BCUT2D eigenvalue weighted by molar-refractivity contribution is 0.0901. The first-order valence-corrected chi connectivity index (χ1v) is 8.76. The Hall–Kier alpha value is -1.88. The van der Waals surface area contributed by atoms with Gasteiger partial charge in [-0.25, -0.2) is 0 Å². The van der Waals surface area contributed by atoms with Crippen LogP contribution in [0.15, 0.2) is 24.3 Å². The number of aromatic nitrogens is 2. The minimum atomic E-state index is -0.0336. The number of para-hydroxylation sites is 1. The molecular weight excluding hydrogens is 288 g/mol. The normalized spacial score (nSPS) is 30.2. The number of carbonyl (C=O) groups is 1. The van der Waals surface area contributed by atoms with Gasteiger partial charge in [-0.3, -0.25) is 14.8 Å². The number of amides is 1. The number of benzene rings is 1. The van der Waals surface area contributed by atoms with Gasteiger partial charge < -0.3 is 5.32 Å². The lowest BCUT2D eigenvalue weighted by Gasteiger charge is -2.31. The van der Waals surface area contributed by atoms with Gasteiger partial charge in [0.15, 0.2) is 5.69 Å². The number of piperidine rings is 1. The number of carbonyl (C=O) groups excluding carboxylic acids is 1. The standard InChI is InChI=1S/C18H22N4O/c23-18(17-14-3-1-2-4-15(14)20-21-17)19-16-8-13-7-12(16)10-22(13)9-11-5-6-11/h1-4,11-13,16H,5-10H2,(H,19,23)(H,20,21). The first kappa shape index (κ1) is 13.5. The predicted octanol–water partition coefficient (Wildman–Crippen LogP) is 2.17. The quantitative estimate of drug-likeness (QED) is 0.910. The molecule has 3 aliphatic rings. The highest BCUT2D eigenvalue weighted by molar-refractivity contribution is 6.04. The van der Waals surface area contributed by atoms with Gasteiger partial charge in [-0.2, -0.15) is 5.10 Å². The number of H-pyrrole nitrogens is 1. The number of nitrogens with zero attached hydrogens (tertiary/aromatic N) is 2. The van der Waals surface area contributed by atoms with Crippen molar-refractivity contribution in [3.63, 3.8) is 0 Å². The predicted molar refractivity (Wildman–Crippen MR) is 88.2 cm³/mol. The summed E-state index contributed by atoms with van der Waals surface area (Å²) in [7, 11) is 0. The van der Waals surface area contributed by atoms with Crippen molar-refractivity contribution in [2.24, 2.45) is 11.8 Å². The highest BCUT2D eigenvalue weighted by Crippen LogP contribution is 2.41. The van der Waals surface area contributed by atoms with Crippen LogP contribution in [0.3, 0.4) is 0 Å². The highest BCUT2D eigenvalue weighted by Gasteiger charge is 2.46. The van der Waals surface area contributed by atoms with Crippen LogP contribution in [0.2, 0.25) is 0 Å². The van der Waals surface area contributed by atoms with Gasteiger partial charge in [0.1, 0.15) is 0 Å². The SMILES string of the molecule is O=C(NC1CC2CC1CN2CC1CC1)c1n[nH]c2ccccc12. The van der Waals surface area contributed by atoms with E-state index in [0.717, 1.165) is 29.8 Å². The molecule has 0 spiro atoms. The van der Waals surface area contributed by atoms with Gasteiger partial charge in [-0.15, -0.1) is 0 Å². The van der Waals surface area contributed by atoms with Crippen LogP contribution in [0.4, 0.5) is 0 Å². The molecule has 2 heterocycles. The molecule has 2 saturated carbocycles. The number of fused-ring (bicyclic) bond motifs is 3. The van der Waals surface area contributed by atoms with Gasteiger partial charge in [0.25, 0.3) is 5.91 Å². The lowest BCUT2D eigenvalue weighted by Crippen LogP contribution is -2.46. The Balaban J connectivity index is 1.27. The average Bonchev–Trinajstić information content (AvgIpc) is 2.97. The van der Waals surface area contributed by atoms with Crippen molar-refractivity contribution < 1.29 is 4.79 Å². The Bertz CT molecular complexity index is 750. The van der Waals surface area contributed by atoms with Crippen molar-refractivity contribution in [2.45, 2.75) is 37.8 Å². The van der Waals surface area contributed by atoms with E-state index >= 15 is 0 Å². The van der Waals surface area contributed by atoms with Crippen LogP contribution in [0.5, 0.6) is 0 Å². The number of nitrogens with one attached hydrogen (secondary N) is 2. The highest BCUT2D eigenvalue weighted by atomic mass is 16.2. The van der Waals surface area contributed by atoms with Crippen LogP contribution in [0.1, 0.15) is 36.2 Å². The van der Waals surface area contributed by atoms with E-state index in [2.05, 4.69) is 20.4 Å². The monoisotopic (exact) mass is 310 g/mol. The molecule has 1 saturated heterocycles. The molecule has 1 aromatic carbocycles. The molecule has 1 aliphatic heterocycles. The van der Waals surface area contributed by atoms with Gasteiger partial charge in [0.05, 0.1) is 5.52 Å². The van der Waals surface area contributed by atoms with Crippen molar-refractivity contribution in [3.8, 4) is 0 Å². The summed E-state index contributed by atoms with van der Waals surface area (Å²) >= 11 is 0. The Morgan fingerprint density at radius 1 is 1.30 bits per heavy atom. The summed E-state index contributed by atoms with van der Waals surface area (Å²) in [5, 5.41) is 11.3. The van der Waals surface area contributed by atoms with Crippen molar-refractivity contribution in [1.29, 1.82) is 0 Å². The summed E-state index contributed by atoms with van der Waals surface area (Å²) in [4.78, 5) is 15.3. The van der Waals surface area contributed by atoms with Gasteiger partial charge in [0.2, 0.25) is 0 Å². The lowest BCUT2D eigenvalue weighted by atomic mass is 10.0. The molecule has 3 fully saturated rings. The maximum absolute atomic E-state index is 12.6. The van der Waals surface area contributed by atoms with E-state index in [1.165, 1.54) is 25.8 Å². The van der Waals surface area contributed by atoms with Crippen LogP contribution in [-0.4, -0.2) is 46.2 Å². The summed E-state index contributed by atoms with van der Waals surface area (Å²) in [5.74, 6) is 1.54. The van der Waals surface area contributed by atoms with Crippen LogP contribution in [0.25, 0.3) is 10.9 Å². The minimum absolute atomic E-state index is 0.0336. The maximum Gasteiger partial charge on any atom is 0.272 e. The second-order valence-electron chi connectivity index (χ2n) is 7.48. The van der Waals surface area contributed by atoms with Gasteiger partial charge >= 0.3 is 0 Å². The summed E-state index contributed by atoms with van der Waals surface area (Å²) in [6.07, 6.45) is 5.19.